The first-order valence-electron chi connectivity index (χ1n) is 9.39. The molecule has 0 aromatic carbocycles. The average molecular weight is 349 g/mol. The minimum absolute atomic E-state index is 0.195. The number of hydrogen-bond acceptors (Lipinski definition) is 3. The van der Waals surface area contributed by atoms with Crippen LogP contribution in [0.2, 0.25) is 0 Å². The van der Waals surface area contributed by atoms with E-state index in [1.165, 1.54) is 30.6 Å². The van der Waals surface area contributed by atoms with Crippen LogP contribution in [0.5, 0.6) is 0 Å². The summed E-state index contributed by atoms with van der Waals surface area (Å²) < 4.78 is 0. The Kier molecular flexibility index (Phi) is 7.02. The van der Waals surface area contributed by atoms with Crippen LogP contribution in [0.1, 0.15) is 87.2 Å². The fourth-order valence-corrected chi connectivity index (χ4v) is 4.54. The molecule has 1 saturated heterocycles. The minimum atomic E-state index is -0.195. The molecule has 134 valence electrons. The van der Waals surface area contributed by atoms with Gasteiger partial charge < -0.3 is 4.90 Å². The van der Waals surface area contributed by atoms with Crippen molar-refractivity contribution in [2.24, 2.45) is 4.99 Å². The summed E-state index contributed by atoms with van der Waals surface area (Å²) in [6.45, 7) is 10.4. The molecule has 1 aromatic rings. The van der Waals surface area contributed by atoms with Crippen LogP contribution in [0.15, 0.2) is 17.1 Å². The van der Waals surface area contributed by atoms with E-state index < -0.39 is 0 Å². The molecule has 1 fully saturated rings. The van der Waals surface area contributed by atoms with Gasteiger partial charge >= 0.3 is 0 Å². The Morgan fingerprint density at radius 2 is 1.92 bits per heavy atom. The van der Waals surface area contributed by atoms with Crippen molar-refractivity contribution in [1.82, 2.24) is 4.90 Å². The highest BCUT2D eigenvalue weighted by Crippen LogP contribution is 2.37. The van der Waals surface area contributed by atoms with Gasteiger partial charge in [-0.05, 0) is 58.6 Å². The Labute approximate surface area is 151 Å². The summed E-state index contributed by atoms with van der Waals surface area (Å²) in [5.74, 6) is 0.207. The molecule has 0 radical (unpaired) electrons. The molecule has 3 nitrogen and oxygen atoms in total. The molecule has 1 atom stereocenters. The third-order valence-corrected chi connectivity index (χ3v) is 6.05. The normalized spacial score (nSPS) is 17.4. The molecule has 1 aromatic heterocycles. The quantitative estimate of drug-likeness (QED) is 0.463. The van der Waals surface area contributed by atoms with Crippen molar-refractivity contribution >= 4 is 23.0 Å². The Hall–Kier alpha value is -1.16. The second-order valence-electron chi connectivity index (χ2n) is 7.31. The SMILES string of the molecule is CCCCCC(C)(N=C(C)C)c1ccc(C(=O)N2CCCCC2)s1. The highest BCUT2D eigenvalue weighted by atomic mass is 32.1. The molecule has 0 spiro atoms. The zero-order valence-corrected chi connectivity index (χ0v) is 16.5. The Morgan fingerprint density at radius 1 is 1.21 bits per heavy atom. The van der Waals surface area contributed by atoms with E-state index in [-0.39, 0.29) is 11.4 Å². The van der Waals surface area contributed by atoms with Gasteiger partial charge in [0.05, 0.1) is 10.4 Å². The van der Waals surface area contributed by atoms with Gasteiger partial charge in [0, 0.05) is 23.7 Å². The van der Waals surface area contributed by atoms with Crippen LogP contribution in [0.3, 0.4) is 0 Å². The summed E-state index contributed by atoms with van der Waals surface area (Å²) in [4.78, 5) is 21.8. The van der Waals surface area contributed by atoms with Crippen molar-refractivity contribution in [2.45, 2.75) is 78.2 Å². The number of likely N-dealkylation sites (tertiary alicyclic amines) is 1. The van der Waals surface area contributed by atoms with Crippen LogP contribution in [0.25, 0.3) is 0 Å². The largest absolute Gasteiger partial charge is 0.338 e. The predicted molar refractivity (Wildman–Crippen MR) is 104 cm³/mol. The van der Waals surface area contributed by atoms with Gasteiger partial charge in [-0.25, -0.2) is 0 Å². The van der Waals surface area contributed by atoms with Crippen LogP contribution in [0, 0.1) is 0 Å². The van der Waals surface area contributed by atoms with Crippen molar-refractivity contribution < 1.29 is 4.79 Å². The lowest BCUT2D eigenvalue weighted by molar-refractivity contribution is 0.0729. The standard InChI is InChI=1S/C20H32N2OS/c1-5-6-8-13-20(4,21-16(2)3)18-12-11-17(24-18)19(23)22-14-9-7-10-15-22/h11-12H,5-10,13-15H2,1-4H3. The first-order chi connectivity index (χ1) is 11.5. The van der Waals surface area contributed by atoms with Crippen LogP contribution in [-0.2, 0) is 5.54 Å². The number of thiophene rings is 1. The monoisotopic (exact) mass is 348 g/mol. The van der Waals surface area contributed by atoms with E-state index in [1.807, 2.05) is 11.0 Å². The van der Waals surface area contributed by atoms with Gasteiger partial charge in [0.25, 0.3) is 5.91 Å². The van der Waals surface area contributed by atoms with E-state index in [4.69, 9.17) is 4.99 Å². The minimum Gasteiger partial charge on any atom is -0.338 e. The number of carbonyl (C=O) groups excluding carboxylic acids is 1. The summed E-state index contributed by atoms with van der Waals surface area (Å²) in [5.41, 5.74) is 0.908. The van der Waals surface area contributed by atoms with Crippen LogP contribution >= 0.6 is 11.3 Å². The van der Waals surface area contributed by atoms with Gasteiger partial charge in [0.15, 0.2) is 0 Å². The second kappa shape index (κ2) is 8.80. The highest BCUT2D eigenvalue weighted by molar-refractivity contribution is 7.14. The summed E-state index contributed by atoms with van der Waals surface area (Å²) in [6, 6.07) is 4.13. The van der Waals surface area contributed by atoms with E-state index in [0.29, 0.717) is 0 Å². The first kappa shape index (κ1) is 19.2. The maximum absolute atomic E-state index is 12.7. The molecular formula is C20H32N2OS. The molecule has 1 amide bonds. The van der Waals surface area contributed by atoms with Crippen molar-refractivity contribution in [3.63, 3.8) is 0 Å². The number of carbonyl (C=O) groups is 1. The lowest BCUT2D eigenvalue weighted by Crippen LogP contribution is -2.35. The van der Waals surface area contributed by atoms with E-state index in [1.54, 1.807) is 11.3 Å². The summed E-state index contributed by atoms with van der Waals surface area (Å²) in [5, 5.41) is 0. The second-order valence-corrected chi connectivity index (χ2v) is 8.39. The number of unbranched alkanes of at least 4 members (excludes halogenated alkanes) is 2. The summed E-state index contributed by atoms with van der Waals surface area (Å²) in [7, 11) is 0. The maximum Gasteiger partial charge on any atom is 0.263 e. The van der Waals surface area contributed by atoms with Crippen molar-refractivity contribution in [2.75, 3.05) is 13.1 Å². The summed E-state index contributed by atoms with van der Waals surface area (Å²) >= 11 is 1.64. The Morgan fingerprint density at radius 3 is 2.54 bits per heavy atom. The zero-order chi connectivity index (χ0) is 17.6. The van der Waals surface area contributed by atoms with Gasteiger partial charge in [-0.3, -0.25) is 9.79 Å². The number of nitrogens with zero attached hydrogens (tertiary/aromatic N) is 2. The molecule has 0 aliphatic carbocycles. The molecule has 1 unspecified atom stereocenters. The lowest BCUT2D eigenvalue weighted by atomic mass is 9.93. The Balaban J connectivity index is 2.17. The molecule has 1 aliphatic rings. The summed E-state index contributed by atoms with van der Waals surface area (Å²) in [6.07, 6.45) is 8.20. The third-order valence-electron chi connectivity index (χ3n) is 4.73. The molecule has 2 heterocycles. The van der Waals surface area contributed by atoms with Crippen molar-refractivity contribution in [3.8, 4) is 0 Å². The zero-order valence-electron chi connectivity index (χ0n) is 15.7. The van der Waals surface area contributed by atoms with Crippen LogP contribution in [0.4, 0.5) is 0 Å². The molecule has 2 rings (SSSR count). The fraction of sp³-hybridized carbons (Fsp3) is 0.700. The van der Waals surface area contributed by atoms with E-state index in [0.717, 1.165) is 42.9 Å². The molecule has 4 heteroatoms. The van der Waals surface area contributed by atoms with Crippen LogP contribution in [-0.4, -0.2) is 29.6 Å². The van der Waals surface area contributed by atoms with Crippen molar-refractivity contribution in [1.29, 1.82) is 0 Å². The number of piperidine rings is 1. The fourth-order valence-electron chi connectivity index (χ4n) is 3.44. The third kappa shape index (κ3) is 4.92. The molecule has 1 aliphatic heterocycles. The molecular weight excluding hydrogens is 316 g/mol. The van der Waals surface area contributed by atoms with E-state index in [2.05, 4.69) is 33.8 Å². The van der Waals surface area contributed by atoms with Gasteiger partial charge in [0.2, 0.25) is 0 Å². The number of amides is 1. The molecule has 24 heavy (non-hydrogen) atoms. The van der Waals surface area contributed by atoms with E-state index in [9.17, 15) is 4.79 Å². The maximum atomic E-state index is 12.7. The van der Waals surface area contributed by atoms with Crippen LogP contribution < -0.4 is 0 Å². The molecule has 0 saturated carbocycles. The number of hydrogen-bond donors (Lipinski definition) is 0. The molecule has 0 bridgehead atoms. The average Bonchev–Trinajstić information content (AvgIpc) is 3.05. The van der Waals surface area contributed by atoms with Gasteiger partial charge in [-0.15, -0.1) is 11.3 Å². The van der Waals surface area contributed by atoms with Gasteiger partial charge in [0.1, 0.15) is 0 Å². The lowest BCUT2D eigenvalue weighted by Gasteiger charge is -2.26. The van der Waals surface area contributed by atoms with E-state index >= 15 is 0 Å². The smallest absolute Gasteiger partial charge is 0.263 e. The first-order valence-corrected chi connectivity index (χ1v) is 10.2. The number of rotatable bonds is 7. The predicted octanol–water partition coefficient (Wildman–Crippen LogP) is 5.65. The number of aliphatic imine (C=N–C) groups is 1. The molecule has 0 N–H and O–H groups in total. The Bertz CT molecular complexity index is 568. The van der Waals surface area contributed by atoms with Gasteiger partial charge in [-0.2, -0.15) is 0 Å². The highest BCUT2D eigenvalue weighted by Gasteiger charge is 2.29. The topological polar surface area (TPSA) is 32.7 Å². The van der Waals surface area contributed by atoms with Gasteiger partial charge in [-0.1, -0.05) is 26.2 Å². The van der Waals surface area contributed by atoms with Crippen molar-refractivity contribution in [3.05, 3.63) is 21.9 Å².